The zero-order valence-corrected chi connectivity index (χ0v) is 20.3. The second kappa shape index (κ2) is 9.39. The summed E-state index contributed by atoms with van der Waals surface area (Å²) in [5, 5.41) is 5.83. The maximum absolute atomic E-state index is 13.5. The van der Waals surface area contributed by atoms with Crippen molar-refractivity contribution >= 4 is 29.4 Å². The fourth-order valence-electron chi connectivity index (χ4n) is 6.61. The molecular weight excluding hydrogens is 436 g/mol. The molecule has 1 atom stereocenters. The summed E-state index contributed by atoms with van der Waals surface area (Å²) in [6.07, 6.45) is 6.46. The minimum absolute atomic E-state index is 0.0148. The molecule has 0 radical (unpaired) electrons. The van der Waals surface area contributed by atoms with Crippen molar-refractivity contribution in [3.8, 4) is 0 Å². The van der Waals surface area contributed by atoms with Crippen LogP contribution in [-0.2, 0) is 19.1 Å². The lowest BCUT2D eigenvalue weighted by atomic mass is 9.49. The SMILES string of the molecule is COC(=O)c1cc(NC(=O)C(NC(=O)C23CC4CC(CC(C4)C2)C3)C(C)C)cc(C(=O)OC)c1. The van der Waals surface area contributed by atoms with E-state index in [1.165, 1.54) is 51.7 Å². The van der Waals surface area contributed by atoms with Gasteiger partial charge in [0.05, 0.1) is 25.3 Å². The maximum atomic E-state index is 13.5. The van der Waals surface area contributed by atoms with Crippen LogP contribution in [0.1, 0.15) is 73.1 Å². The maximum Gasteiger partial charge on any atom is 0.337 e. The Morgan fingerprint density at radius 2 is 1.32 bits per heavy atom. The number of benzene rings is 1. The van der Waals surface area contributed by atoms with Crippen LogP contribution in [0.5, 0.6) is 0 Å². The number of esters is 2. The summed E-state index contributed by atoms with van der Waals surface area (Å²) in [7, 11) is 2.47. The topological polar surface area (TPSA) is 111 Å². The molecule has 5 rings (SSSR count). The van der Waals surface area contributed by atoms with Crippen molar-refractivity contribution in [3.63, 3.8) is 0 Å². The quantitative estimate of drug-likeness (QED) is 0.590. The van der Waals surface area contributed by atoms with Crippen molar-refractivity contribution < 1.29 is 28.7 Å². The van der Waals surface area contributed by atoms with E-state index in [1.807, 2.05) is 13.8 Å². The van der Waals surface area contributed by atoms with Gasteiger partial charge in [0.25, 0.3) is 0 Å². The van der Waals surface area contributed by atoms with E-state index < -0.39 is 23.9 Å². The molecule has 0 aromatic heterocycles. The fourth-order valence-corrected chi connectivity index (χ4v) is 6.61. The first kappa shape index (κ1) is 24.2. The molecule has 0 spiro atoms. The van der Waals surface area contributed by atoms with Crippen LogP contribution >= 0.6 is 0 Å². The standard InChI is InChI=1S/C26H34N2O6/c1-14(2)21(28-25(32)26-11-15-5-16(12-26)7-17(6-15)13-26)22(29)27-20-9-18(23(30)33-3)8-19(10-20)24(31)34-4/h8-10,14-17,21H,5-7,11-13H2,1-4H3,(H,27,29)(H,28,32). The van der Waals surface area contributed by atoms with Crippen LogP contribution in [0.15, 0.2) is 18.2 Å². The van der Waals surface area contributed by atoms with E-state index in [0.717, 1.165) is 19.3 Å². The van der Waals surface area contributed by atoms with Gasteiger partial charge in [0, 0.05) is 11.1 Å². The van der Waals surface area contributed by atoms with Crippen LogP contribution in [0.3, 0.4) is 0 Å². The predicted molar refractivity (Wildman–Crippen MR) is 125 cm³/mol. The molecule has 8 heteroatoms. The van der Waals surface area contributed by atoms with Gasteiger partial charge in [-0.3, -0.25) is 9.59 Å². The Balaban J connectivity index is 1.52. The van der Waals surface area contributed by atoms with Crippen molar-refractivity contribution in [1.29, 1.82) is 0 Å². The molecule has 4 bridgehead atoms. The molecule has 184 valence electrons. The van der Waals surface area contributed by atoms with E-state index in [-0.39, 0.29) is 34.1 Å². The number of ether oxygens (including phenoxy) is 2. The zero-order valence-electron chi connectivity index (χ0n) is 20.3. The van der Waals surface area contributed by atoms with E-state index in [0.29, 0.717) is 17.8 Å². The van der Waals surface area contributed by atoms with Crippen molar-refractivity contribution in [3.05, 3.63) is 29.3 Å². The minimum Gasteiger partial charge on any atom is -0.465 e. The fraction of sp³-hybridized carbons (Fsp3) is 0.615. The van der Waals surface area contributed by atoms with Gasteiger partial charge in [0.1, 0.15) is 6.04 Å². The Bertz CT molecular complexity index is 931. The molecule has 8 nitrogen and oxygen atoms in total. The highest BCUT2D eigenvalue weighted by molar-refractivity contribution is 6.02. The van der Waals surface area contributed by atoms with Crippen LogP contribution in [0.25, 0.3) is 0 Å². The summed E-state index contributed by atoms with van der Waals surface area (Å²) < 4.78 is 9.52. The molecule has 4 aliphatic carbocycles. The van der Waals surface area contributed by atoms with Crippen molar-refractivity contribution in [2.45, 2.75) is 58.4 Å². The van der Waals surface area contributed by atoms with Crippen LogP contribution in [0, 0.1) is 29.1 Å². The van der Waals surface area contributed by atoms with Gasteiger partial charge in [-0.25, -0.2) is 9.59 Å². The van der Waals surface area contributed by atoms with Gasteiger partial charge >= 0.3 is 11.9 Å². The van der Waals surface area contributed by atoms with Gasteiger partial charge in [-0.2, -0.15) is 0 Å². The van der Waals surface area contributed by atoms with Gasteiger partial charge < -0.3 is 20.1 Å². The third kappa shape index (κ3) is 4.68. The van der Waals surface area contributed by atoms with E-state index in [4.69, 9.17) is 9.47 Å². The van der Waals surface area contributed by atoms with E-state index >= 15 is 0 Å². The number of amides is 2. The highest BCUT2D eigenvalue weighted by atomic mass is 16.5. The number of hydrogen-bond acceptors (Lipinski definition) is 6. The molecule has 4 saturated carbocycles. The van der Waals surface area contributed by atoms with Gasteiger partial charge in [-0.05, 0) is 80.4 Å². The lowest BCUT2D eigenvalue weighted by Crippen LogP contribution is -2.57. The second-order valence-corrected chi connectivity index (χ2v) is 10.7. The third-order valence-corrected chi connectivity index (χ3v) is 7.80. The average Bonchev–Trinajstić information content (AvgIpc) is 2.79. The zero-order chi connectivity index (χ0) is 24.6. The first-order valence-corrected chi connectivity index (χ1v) is 12.1. The van der Waals surface area contributed by atoms with E-state index in [9.17, 15) is 19.2 Å². The first-order valence-electron chi connectivity index (χ1n) is 12.1. The lowest BCUT2D eigenvalue weighted by molar-refractivity contribution is -0.148. The average molecular weight is 471 g/mol. The first-order chi connectivity index (χ1) is 16.1. The predicted octanol–water partition coefficient (Wildman–Crippen LogP) is 3.56. The van der Waals surface area contributed by atoms with Crippen LogP contribution in [0.2, 0.25) is 0 Å². The number of rotatable bonds is 7. The summed E-state index contributed by atoms with van der Waals surface area (Å²) in [6, 6.07) is 3.48. The molecule has 1 aromatic rings. The second-order valence-electron chi connectivity index (χ2n) is 10.7. The summed E-state index contributed by atoms with van der Waals surface area (Å²) in [5.74, 6) is 0.0311. The number of carbonyl (C=O) groups is 4. The Morgan fingerprint density at radius 3 is 1.74 bits per heavy atom. The number of methoxy groups -OCH3 is 2. The summed E-state index contributed by atoms with van der Waals surface area (Å²) in [4.78, 5) is 50.9. The number of carbonyl (C=O) groups excluding carboxylic acids is 4. The normalized spacial score (nSPS) is 27.7. The summed E-state index contributed by atoms with van der Waals surface area (Å²) >= 11 is 0. The van der Waals surface area contributed by atoms with Crippen LogP contribution < -0.4 is 10.6 Å². The number of nitrogens with one attached hydrogen (secondary N) is 2. The molecule has 1 unspecified atom stereocenters. The Hall–Kier alpha value is -2.90. The monoisotopic (exact) mass is 470 g/mol. The third-order valence-electron chi connectivity index (χ3n) is 7.80. The van der Waals surface area contributed by atoms with Gasteiger partial charge in [-0.1, -0.05) is 13.8 Å². The summed E-state index contributed by atoms with van der Waals surface area (Å²) in [6.45, 7) is 3.77. The van der Waals surface area contributed by atoms with Crippen molar-refractivity contribution in [1.82, 2.24) is 5.32 Å². The largest absolute Gasteiger partial charge is 0.465 e. The van der Waals surface area contributed by atoms with Crippen LogP contribution in [0.4, 0.5) is 5.69 Å². The molecular formula is C26H34N2O6. The molecule has 0 saturated heterocycles. The number of hydrogen-bond donors (Lipinski definition) is 2. The van der Waals surface area contributed by atoms with Crippen molar-refractivity contribution in [2.24, 2.45) is 29.1 Å². The summed E-state index contributed by atoms with van der Waals surface area (Å²) in [5.41, 5.74) is 0.118. The smallest absolute Gasteiger partial charge is 0.337 e. The Labute approximate surface area is 200 Å². The van der Waals surface area contributed by atoms with Gasteiger partial charge in [0.2, 0.25) is 11.8 Å². The lowest BCUT2D eigenvalue weighted by Gasteiger charge is -2.55. The Kier molecular flexibility index (Phi) is 6.69. The van der Waals surface area contributed by atoms with Crippen LogP contribution in [-0.4, -0.2) is 44.0 Å². The Morgan fingerprint density at radius 1 is 0.853 bits per heavy atom. The molecule has 2 amide bonds. The number of anilines is 1. The molecule has 34 heavy (non-hydrogen) atoms. The molecule has 0 heterocycles. The molecule has 4 fully saturated rings. The molecule has 4 aliphatic rings. The van der Waals surface area contributed by atoms with Gasteiger partial charge in [0.15, 0.2) is 0 Å². The molecule has 0 aliphatic heterocycles. The van der Waals surface area contributed by atoms with E-state index in [1.54, 1.807) is 0 Å². The van der Waals surface area contributed by atoms with Gasteiger partial charge in [-0.15, -0.1) is 0 Å². The van der Waals surface area contributed by atoms with Crippen molar-refractivity contribution in [2.75, 3.05) is 19.5 Å². The highest BCUT2D eigenvalue weighted by Crippen LogP contribution is 2.60. The molecule has 2 N–H and O–H groups in total. The van der Waals surface area contributed by atoms with E-state index in [2.05, 4.69) is 10.6 Å². The minimum atomic E-state index is -0.746. The highest BCUT2D eigenvalue weighted by Gasteiger charge is 2.55. The molecule has 1 aromatic carbocycles.